The first kappa shape index (κ1) is 15.3. The minimum absolute atomic E-state index is 0.696. The number of piperidine rings is 1. The van der Waals surface area contributed by atoms with Gasteiger partial charge in [-0.2, -0.15) is 5.26 Å². The van der Waals surface area contributed by atoms with Crippen LogP contribution in [0.4, 0.5) is 5.82 Å². The van der Waals surface area contributed by atoms with Crippen molar-refractivity contribution in [3.63, 3.8) is 0 Å². The second kappa shape index (κ2) is 6.64. The third-order valence-corrected chi connectivity index (χ3v) is 4.98. The van der Waals surface area contributed by atoms with E-state index in [2.05, 4.69) is 32.8 Å². The Hall–Kier alpha value is -1.64. The molecule has 2 fully saturated rings. The zero-order valence-electron chi connectivity index (χ0n) is 13.6. The Morgan fingerprint density at radius 2 is 2.00 bits per heavy atom. The second-order valence-corrected chi connectivity index (χ2v) is 6.52. The van der Waals surface area contributed by atoms with Gasteiger partial charge in [-0.15, -0.1) is 0 Å². The lowest BCUT2D eigenvalue weighted by Gasteiger charge is -2.43. The molecule has 0 saturated carbocycles. The molecule has 1 aromatic rings. The summed E-state index contributed by atoms with van der Waals surface area (Å²) in [6.07, 6.45) is 4.43. The number of hydrogen-bond acceptors (Lipinski definition) is 5. The Labute approximate surface area is 133 Å². The highest BCUT2D eigenvalue weighted by Gasteiger charge is 2.28. The summed E-state index contributed by atoms with van der Waals surface area (Å²) >= 11 is 0. The summed E-state index contributed by atoms with van der Waals surface area (Å²) in [4.78, 5) is 11.8. The third-order valence-electron chi connectivity index (χ3n) is 4.98. The number of likely N-dealkylation sites (N-methyl/N-ethyl adjacent to an activating group) is 1. The maximum atomic E-state index is 9.38. The first-order valence-corrected chi connectivity index (χ1v) is 8.22. The van der Waals surface area contributed by atoms with Gasteiger partial charge in [-0.05, 0) is 45.0 Å². The molecule has 0 radical (unpaired) electrons. The average Bonchev–Trinajstić information content (AvgIpc) is 2.55. The number of rotatable bonds is 2. The molecule has 3 heterocycles. The average molecular weight is 299 g/mol. The van der Waals surface area contributed by atoms with Gasteiger partial charge in [0, 0.05) is 45.0 Å². The Bertz CT molecular complexity index is 557. The molecule has 22 heavy (non-hydrogen) atoms. The Balaban J connectivity index is 1.65. The largest absolute Gasteiger partial charge is 0.353 e. The van der Waals surface area contributed by atoms with Crippen molar-refractivity contribution in [3.05, 3.63) is 23.4 Å². The van der Waals surface area contributed by atoms with Crippen LogP contribution >= 0.6 is 0 Å². The van der Waals surface area contributed by atoms with Crippen molar-refractivity contribution in [2.75, 3.05) is 51.2 Å². The van der Waals surface area contributed by atoms with Crippen molar-refractivity contribution in [2.45, 2.75) is 25.8 Å². The molecule has 3 rings (SSSR count). The van der Waals surface area contributed by atoms with Crippen LogP contribution < -0.4 is 4.90 Å². The summed E-state index contributed by atoms with van der Waals surface area (Å²) in [6, 6.07) is 4.93. The van der Waals surface area contributed by atoms with Gasteiger partial charge in [-0.3, -0.25) is 4.90 Å². The second-order valence-electron chi connectivity index (χ2n) is 6.52. The summed E-state index contributed by atoms with van der Waals surface area (Å²) in [5.74, 6) is 0.864. The summed E-state index contributed by atoms with van der Waals surface area (Å²) in [7, 11) is 2.22. The molecule has 5 nitrogen and oxygen atoms in total. The van der Waals surface area contributed by atoms with E-state index < -0.39 is 0 Å². The number of aromatic nitrogens is 1. The summed E-state index contributed by atoms with van der Waals surface area (Å²) < 4.78 is 0. The van der Waals surface area contributed by atoms with Gasteiger partial charge < -0.3 is 9.80 Å². The van der Waals surface area contributed by atoms with Crippen LogP contribution in [0.1, 0.15) is 24.0 Å². The predicted octanol–water partition coefficient (Wildman–Crippen LogP) is 1.48. The zero-order valence-corrected chi connectivity index (χ0v) is 13.6. The van der Waals surface area contributed by atoms with Crippen LogP contribution in [0.2, 0.25) is 0 Å². The van der Waals surface area contributed by atoms with Crippen molar-refractivity contribution in [1.82, 2.24) is 14.8 Å². The summed E-state index contributed by atoms with van der Waals surface area (Å²) in [6.45, 7) is 8.47. The van der Waals surface area contributed by atoms with Crippen molar-refractivity contribution >= 4 is 5.82 Å². The molecule has 0 aromatic carbocycles. The van der Waals surface area contributed by atoms with Crippen LogP contribution in [-0.2, 0) is 0 Å². The molecule has 1 unspecified atom stereocenters. The van der Waals surface area contributed by atoms with Crippen LogP contribution in [0.5, 0.6) is 0 Å². The highest BCUT2D eigenvalue weighted by Crippen LogP contribution is 2.23. The van der Waals surface area contributed by atoms with E-state index in [1.807, 2.05) is 19.2 Å². The van der Waals surface area contributed by atoms with E-state index in [4.69, 9.17) is 0 Å². The Morgan fingerprint density at radius 1 is 1.23 bits per heavy atom. The van der Waals surface area contributed by atoms with Gasteiger partial charge >= 0.3 is 0 Å². The molecule has 1 aromatic heterocycles. The molecule has 0 aliphatic carbocycles. The lowest BCUT2D eigenvalue weighted by atomic mass is 10.0. The maximum absolute atomic E-state index is 9.38. The molecule has 0 spiro atoms. The lowest BCUT2D eigenvalue weighted by Crippen LogP contribution is -2.54. The van der Waals surface area contributed by atoms with Crippen molar-refractivity contribution in [1.29, 1.82) is 5.26 Å². The highest BCUT2D eigenvalue weighted by molar-refractivity contribution is 5.57. The standard InChI is InChI=1S/C17H25N5/c1-14-5-6-19-17(16(14)12-18)22-10-8-21(9-11-22)15-4-3-7-20(2)13-15/h5-6,15H,3-4,7-11,13H2,1-2H3. The molecule has 0 bridgehead atoms. The predicted molar refractivity (Wildman–Crippen MR) is 88.0 cm³/mol. The van der Waals surface area contributed by atoms with Crippen molar-refractivity contribution in [2.24, 2.45) is 0 Å². The monoisotopic (exact) mass is 299 g/mol. The van der Waals surface area contributed by atoms with Crippen molar-refractivity contribution < 1.29 is 0 Å². The molecule has 5 heteroatoms. The number of likely N-dealkylation sites (tertiary alicyclic amines) is 1. The first-order valence-electron chi connectivity index (χ1n) is 8.22. The van der Waals surface area contributed by atoms with Gasteiger partial charge in [0.2, 0.25) is 0 Å². The van der Waals surface area contributed by atoms with E-state index in [9.17, 15) is 5.26 Å². The molecule has 2 aliphatic heterocycles. The minimum Gasteiger partial charge on any atom is -0.353 e. The number of nitriles is 1. The van der Waals surface area contributed by atoms with Gasteiger partial charge in [0.15, 0.2) is 0 Å². The topological polar surface area (TPSA) is 46.4 Å². The maximum Gasteiger partial charge on any atom is 0.146 e. The van der Waals surface area contributed by atoms with Gasteiger partial charge in [-0.1, -0.05) is 0 Å². The Morgan fingerprint density at radius 3 is 2.68 bits per heavy atom. The molecular weight excluding hydrogens is 274 g/mol. The van der Waals surface area contributed by atoms with E-state index in [1.165, 1.54) is 25.9 Å². The zero-order chi connectivity index (χ0) is 15.5. The number of aryl methyl sites for hydroxylation is 1. The van der Waals surface area contributed by atoms with E-state index in [1.54, 1.807) is 0 Å². The quantitative estimate of drug-likeness (QED) is 0.828. The van der Waals surface area contributed by atoms with Crippen LogP contribution in [0.15, 0.2) is 12.3 Å². The normalized spacial score (nSPS) is 24.2. The van der Waals surface area contributed by atoms with Gasteiger partial charge in [-0.25, -0.2) is 4.98 Å². The fourth-order valence-corrected chi connectivity index (χ4v) is 3.66. The van der Waals surface area contributed by atoms with Crippen LogP contribution in [0.3, 0.4) is 0 Å². The summed E-state index contributed by atoms with van der Waals surface area (Å²) in [5.41, 5.74) is 1.75. The molecular formula is C17H25N5. The number of anilines is 1. The van der Waals surface area contributed by atoms with Crippen LogP contribution in [0.25, 0.3) is 0 Å². The van der Waals surface area contributed by atoms with Crippen LogP contribution in [-0.4, -0.2) is 67.1 Å². The van der Waals surface area contributed by atoms with Gasteiger partial charge in [0.05, 0.1) is 5.56 Å². The lowest BCUT2D eigenvalue weighted by molar-refractivity contribution is 0.106. The number of nitrogens with zero attached hydrogens (tertiary/aromatic N) is 5. The molecule has 0 amide bonds. The number of piperazine rings is 1. The molecule has 2 saturated heterocycles. The first-order chi connectivity index (χ1) is 10.7. The smallest absolute Gasteiger partial charge is 0.146 e. The fraction of sp³-hybridized carbons (Fsp3) is 0.647. The number of hydrogen-bond donors (Lipinski definition) is 0. The number of pyridine rings is 1. The van der Waals surface area contributed by atoms with E-state index in [0.29, 0.717) is 6.04 Å². The Kier molecular flexibility index (Phi) is 4.60. The highest BCUT2D eigenvalue weighted by atomic mass is 15.3. The van der Waals surface area contributed by atoms with Crippen LogP contribution in [0, 0.1) is 18.3 Å². The molecule has 1 atom stereocenters. The minimum atomic E-state index is 0.696. The SMILES string of the molecule is Cc1ccnc(N2CCN(C3CCCN(C)C3)CC2)c1C#N. The van der Waals surface area contributed by atoms with E-state index in [0.717, 1.165) is 43.1 Å². The van der Waals surface area contributed by atoms with E-state index >= 15 is 0 Å². The third kappa shape index (κ3) is 3.08. The van der Waals surface area contributed by atoms with E-state index in [-0.39, 0.29) is 0 Å². The fourth-order valence-electron chi connectivity index (χ4n) is 3.66. The van der Waals surface area contributed by atoms with Crippen molar-refractivity contribution in [3.8, 4) is 6.07 Å². The molecule has 2 aliphatic rings. The van der Waals surface area contributed by atoms with Gasteiger partial charge in [0.25, 0.3) is 0 Å². The molecule has 118 valence electrons. The molecule has 0 N–H and O–H groups in total. The van der Waals surface area contributed by atoms with Gasteiger partial charge in [0.1, 0.15) is 11.9 Å². The summed E-state index contributed by atoms with van der Waals surface area (Å²) in [5, 5.41) is 9.38.